The van der Waals surface area contributed by atoms with Gasteiger partial charge >= 0.3 is 0 Å². The van der Waals surface area contributed by atoms with Crippen molar-refractivity contribution in [1.82, 2.24) is 5.01 Å². The van der Waals surface area contributed by atoms with E-state index in [0.717, 1.165) is 11.3 Å². The summed E-state index contributed by atoms with van der Waals surface area (Å²) >= 11 is 0. The van der Waals surface area contributed by atoms with Gasteiger partial charge in [-0.05, 0) is 50.2 Å². The second kappa shape index (κ2) is 9.01. The highest BCUT2D eigenvalue weighted by Crippen LogP contribution is 2.37. The van der Waals surface area contributed by atoms with Crippen LogP contribution < -0.4 is 14.8 Å². The normalized spacial score (nSPS) is 15.7. The molecule has 1 aliphatic heterocycles. The molecule has 0 saturated carbocycles. The lowest BCUT2D eigenvalue weighted by Gasteiger charge is -2.35. The van der Waals surface area contributed by atoms with Gasteiger partial charge in [0, 0.05) is 16.8 Å². The quantitative estimate of drug-likeness (QED) is 0.548. The van der Waals surface area contributed by atoms with E-state index in [9.17, 15) is 9.90 Å². The number of aromatic hydroxyl groups is 1. The molecular formula is C25H25N3O4. The van der Waals surface area contributed by atoms with Crippen molar-refractivity contribution in [3.8, 4) is 17.2 Å². The van der Waals surface area contributed by atoms with Gasteiger partial charge in [-0.15, -0.1) is 0 Å². The summed E-state index contributed by atoms with van der Waals surface area (Å²) in [5.74, 6) is 1.05. The zero-order valence-electron chi connectivity index (χ0n) is 18.2. The third-order valence-electron chi connectivity index (χ3n) is 5.26. The van der Waals surface area contributed by atoms with Gasteiger partial charge in [-0.1, -0.05) is 30.3 Å². The van der Waals surface area contributed by atoms with E-state index in [-0.39, 0.29) is 11.7 Å². The summed E-state index contributed by atoms with van der Waals surface area (Å²) in [5, 5.41) is 19.7. The molecule has 0 bridgehead atoms. The number of hydrazone groups is 1. The van der Waals surface area contributed by atoms with E-state index in [1.807, 2.05) is 49.4 Å². The third kappa shape index (κ3) is 3.97. The van der Waals surface area contributed by atoms with Crippen molar-refractivity contribution in [2.75, 3.05) is 19.0 Å². The molecule has 2 N–H and O–H groups in total. The van der Waals surface area contributed by atoms with Gasteiger partial charge in [-0.3, -0.25) is 4.79 Å². The number of rotatable bonds is 6. The highest BCUT2D eigenvalue weighted by Gasteiger charge is 2.34. The molecule has 3 aromatic carbocycles. The second-order valence-electron chi connectivity index (χ2n) is 7.29. The monoisotopic (exact) mass is 431 g/mol. The smallest absolute Gasteiger partial charge is 0.278 e. The molecule has 0 spiro atoms. The first kappa shape index (κ1) is 21.2. The third-order valence-corrected chi connectivity index (χ3v) is 5.26. The number of fused-ring (bicyclic) bond motifs is 1. The van der Waals surface area contributed by atoms with Crippen molar-refractivity contribution in [3.63, 3.8) is 0 Å². The SMILES string of the molecule is CCOc1ccc(C2Nc3ccccc3C(=O)N2/N=C(\C)c2ccccc2O)cc1OC. The van der Waals surface area contributed by atoms with Crippen LogP contribution in [-0.2, 0) is 0 Å². The number of benzene rings is 3. The van der Waals surface area contributed by atoms with Crippen molar-refractivity contribution in [1.29, 1.82) is 0 Å². The summed E-state index contributed by atoms with van der Waals surface area (Å²) in [5.41, 5.74) is 3.10. The van der Waals surface area contributed by atoms with Gasteiger partial charge in [-0.25, -0.2) is 5.01 Å². The van der Waals surface area contributed by atoms with E-state index in [0.29, 0.717) is 34.9 Å². The van der Waals surface area contributed by atoms with Crippen molar-refractivity contribution in [2.24, 2.45) is 5.10 Å². The number of hydrogen-bond acceptors (Lipinski definition) is 6. The zero-order chi connectivity index (χ0) is 22.7. The number of hydrogen-bond donors (Lipinski definition) is 2. The van der Waals surface area contributed by atoms with Crippen LogP contribution in [0.2, 0.25) is 0 Å². The largest absolute Gasteiger partial charge is 0.507 e. The molecule has 1 amide bonds. The predicted octanol–water partition coefficient (Wildman–Crippen LogP) is 4.79. The maximum atomic E-state index is 13.4. The molecule has 1 unspecified atom stereocenters. The number of carbonyl (C=O) groups is 1. The minimum Gasteiger partial charge on any atom is -0.507 e. The Balaban J connectivity index is 1.81. The Bertz CT molecular complexity index is 1180. The van der Waals surface area contributed by atoms with Gasteiger partial charge in [-0.2, -0.15) is 5.10 Å². The van der Waals surface area contributed by atoms with Crippen LogP contribution in [0.3, 0.4) is 0 Å². The maximum absolute atomic E-state index is 13.4. The molecule has 4 rings (SSSR count). The van der Waals surface area contributed by atoms with Crippen molar-refractivity contribution in [3.05, 3.63) is 83.4 Å². The van der Waals surface area contributed by atoms with E-state index >= 15 is 0 Å². The second-order valence-corrected chi connectivity index (χ2v) is 7.29. The summed E-state index contributed by atoms with van der Waals surface area (Å²) in [6.07, 6.45) is -0.581. The summed E-state index contributed by atoms with van der Waals surface area (Å²) in [6, 6.07) is 19.8. The molecular weight excluding hydrogens is 406 g/mol. The Morgan fingerprint density at radius 3 is 2.59 bits per heavy atom. The van der Waals surface area contributed by atoms with Crippen molar-refractivity contribution in [2.45, 2.75) is 20.0 Å². The average molecular weight is 431 g/mol. The summed E-state index contributed by atoms with van der Waals surface area (Å²) in [6.45, 7) is 4.18. The van der Waals surface area contributed by atoms with Crippen molar-refractivity contribution >= 4 is 17.3 Å². The first-order valence-electron chi connectivity index (χ1n) is 10.4. The number of ether oxygens (including phenoxy) is 2. The molecule has 7 nitrogen and oxygen atoms in total. The fourth-order valence-corrected chi connectivity index (χ4v) is 3.70. The number of methoxy groups -OCH3 is 1. The number of nitrogens with zero attached hydrogens (tertiary/aromatic N) is 2. The Morgan fingerprint density at radius 1 is 1.09 bits per heavy atom. The fourth-order valence-electron chi connectivity index (χ4n) is 3.70. The van der Waals surface area contributed by atoms with Gasteiger partial charge in [0.15, 0.2) is 17.7 Å². The molecule has 164 valence electrons. The minimum absolute atomic E-state index is 0.103. The summed E-state index contributed by atoms with van der Waals surface area (Å²) in [4.78, 5) is 13.4. The number of anilines is 1. The first-order valence-corrected chi connectivity index (χ1v) is 10.4. The topological polar surface area (TPSA) is 83.4 Å². The standard InChI is InChI=1S/C25H25N3O4/c1-4-32-22-14-13-17(15-23(22)31-3)24-26-20-11-7-5-10-19(20)25(30)28(24)27-16(2)18-9-6-8-12-21(18)29/h5-15,24,26,29H,4H2,1-3H3/b27-16+. The van der Waals surface area contributed by atoms with E-state index in [1.165, 1.54) is 5.01 Å². The molecule has 0 fully saturated rings. The molecule has 1 heterocycles. The molecule has 0 radical (unpaired) electrons. The number of para-hydroxylation sites is 2. The fraction of sp³-hybridized carbons (Fsp3) is 0.200. The summed E-state index contributed by atoms with van der Waals surface area (Å²) in [7, 11) is 1.58. The highest BCUT2D eigenvalue weighted by molar-refractivity contribution is 6.05. The Labute approximate surface area is 186 Å². The molecule has 3 aromatic rings. The molecule has 0 aromatic heterocycles. The number of nitrogens with one attached hydrogen (secondary N) is 1. The molecule has 0 aliphatic carbocycles. The minimum atomic E-state index is -0.581. The average Bonchev–Trinajstić information content (AvgIpc) is 2.81. The van der Waals surface area contributed by atoms with Crippen LogP contribution >= 0.6 is 0 Å². The zero-order valence-corrected chi connectivity index (χ0v) is 18.2. The van der Waals surface area contributed by atoms with Crippen LogP contribution in [0, 0.1) is 0 Å². The molecule has 0 saturated heterocycles. The molecule has 7 heteroatoms. The van der Waals surface area contributed by atoms with E-state index in [1.54, 1.807) is 38.3 Å². The van der Waals surface area contributed by atoms with Gasteiger partial charge in [0.25, 0.3) is 5.91 Å². The van der Waals surface area contributed by atoms with Gasteiger partial charge in [0.2, 0.25) is 0 Å². The van der Waals surface area contributed by atoms with Gasteiger partial charge < -0.3 is 19.9 Å². The molecule has 32 heavy (non-hydrogen) atoms. The maximum Gasteiger partial charge on any atom is 0.278 e. The Kier molecular flexibility index (Phi) is 5.98. The highest BCUT2D eigenvalue weighted by atomic mass is 16.5. The van der Waals surface area contributed by atoms with Crippen LogP contribution in [0.25, 0.3) is 0 Å². The lowest BCUT2D eigenvalue weighted by Crippen LogP contribution is -2.40. The van der Waals surface area contributed by atoms with E-state index < -0.39 is 6.17 Å². The van der Waals surface area contributed by atoms with E-state index in [4.69, 9.17) is 9.47 Å². The lowest BCUT2D eigenvalue weighted by molar-refractivity contribution is 0.0689. The van der Waals surface area contributed by atoms with Gasteiger partial charge in [0.05, 0.1) is 25.0 Å². The molecule has 1 aliphatic rings. The Morgan fingerprint density at radius 2 is 1.84 bits per heavy atom. The Hall–Kier alpha value is -4.00. The number of phenols is 1. The van der Waals surface area contributed by atoms with Crippen LogP contribution in [0.4, 0.5) is 5.69 Å². The number of carbonyl (C=O) groups excluding carboxylic acids is 1. The van der Waals surface area contributed by atoms with E-state index in [2.05, 4.69) is 10.4 Å². The van der Waals surface area contributed by atoms with Crippen LogP contribution in [-0.4, -0.2) is 35.5 Å². The van der Waals surface area contributed by atoms with Crippen LogP contribution in [0.5, 0.6) is 17.2 Å². The number of phenolic OH excluding ortho intramolecular Hbond substituents is 1. The van der Waals surface area contributed by atoms with Crippen LogP contribution in [0.15, 0.2) is 71.8 Å². The van der Waals surface area contributed by atoms with Gasteiger partial charge in [0.1, 0.15) is 5.75 Å². The molecule has 1 atom stereocenters. The van der Waals surface area contributed by atoms with Crippen molar-refractivity contribution < 1.29 is 19.4 Å². The lowest BCUT2D eigenvalue weighted by atomic mass is 10.0. The van der Waals surface area contributed by atoms with Crippen LogP contribution in [0.1, 0.15) is 41.5 Å². The number of amides is 1. The first-order chi connectivity index (χ1) is 15.5. The summed E-state index contributed by atoms with van der Waals surface area (Å²) < 4.78 is 11.1. The predicted molar refractivity (Wildman–Crippen MR) is 123 cm³/mol.